The first-order chi connectivity index (χ1) is 10.8. The van der Waals surface area contributed by atoms with E-state index in [1.165, 1.54) is 29.1 Å². The molecule has 0 bridgehead atoms. The van der Waals surface area contributed by atoms with Crippen LogP contribution in [-0.4, -0.2) is 28.3 Å². The van der Waals surface area contributed by atoms with E-state index in [2.05, 4.69) is 10.4 Å². The van der Waals surface area contributed by atoms with Crippen LogP contribution in [0, 0.1) is 0 Å². The molecule has 0 saturated heterocycles. The fourth-order valence-corrected chi connectivity index (χ4v) is 1.92. The molecule has 1 amide bonds. The highest BCUT2D eigenvalue weighted by molar-refractivity contribution is 5.92. The monoisotopic (exact) mass is 362 g/mol. The number of benzene rings is 1. The molecule has 24 heavy (non-hydrogen) atoms. The smallest absolute Gasteiger partial charge is 0.351 e. The Labute approximate surface area is 143 Å². The summed E-state index contributed by atoms with van der Waals surface area (Å²) in [5.74, 6) is -0.392. The number of halogens is 4. The van der Waals surface area contributed by atoms with Gasteiger partial charge in [-0.15, -0.1) is 12.4 Å². The molecule has 0 aliphatic heterocycles. The lowest BCUT2D eigenvalue weighted by molar-refractivity contribution is -0.137. The van der Waals surface area contributed by atoms with E-state index in [-0.39, 0.29) is 29.8 Å². The van der Waals surface area contributed by atoms with Gasteiger partial charge in [0.25, 0.3) is 5.91 Å². The molecule has 2 aromatic rings. The molecule has 0 spiro atoms. The highest BCUT2D eigenvalue weighted by Gasteiger charge is 2.30. The summed E-state index contributed by atoms with van der Waals surface area (Å²) in [7, 11) is 0. The van der Waals surface area contributed by atoms with Crippen LogP contribution in [0.1, 0.15) is 29.4 Å². The Balaban J connectivity index is 0.00000288. The third kappa shape index (κ3) is 5.24. The number of rotatable bonds is 5. The van der Waals surface area contributed by atoms with Gasteiger partial charge in [0.2, 0.25) is 0 Å². The third-order valence-corrected chi connectivity index (χ3v) is 3.14. The van der Waals surface area contributed by atoms with Gasteiger partial charge in [-0.3, -0.25) is 4.79 Å². The maximum Gasteiger partial charge on any atom is 0.416 e. The van der Waals surface area contributed by atoms with Crippen molar-refractivity contribution in [2.45, 2.75) is 25.6 Å². The number of hydrogen-bond acceptors (Lipinski definition) is 3. The molecule has 132 valence electrons. The molecule has 2 rings (SSSR count). The molecular formula is C15H18ClF3N4O. The Morgan fingerprint density at radius 3 is 2.71 bits per heavy atom. The van der Waals surface area contributed by atoms with Crippen LogP contribution in [-0.2, 0) is 6.18 Å². The van der Waals surface area contributed by atoms with E-state index in [9.17, 15) is 18.0 Å². The largest absolute Gasteiger partial charge is 0.416 e. The average Bonchev–Trinajstić information content (AvgIpc) is 2.96. The van der Waals surface area contributed by atoms with Crippen LogP contribution in [0.15, 0.2) is 36.5 Å². The van der Waals surface area contributed by atoms with E-state index in [1.54, 1.807) is 0 Å². The van der Waals surface area contributed by atoms with Crippen molar-refractivity contribution in [2.75, 3.05) is 6.54 Å². The number of alkyl halides is 3. The molecule has 1 heterocycles. The van der Waals surface area contributed by atoms with Crippen molar-refractivity contribution < 1.29 is 18.0 Å². The summed E-state index contributed by atoms with van der Waals surface area (Å²) < 4.78 is 39.4. The van der Waals surface area contributed by atoms with E-state index in [0.29, 0.717) is 13.0 Å². The van der Waals surface area contributed by atoms with Crippen molar-refractivity contribution >= 4 is 18.3 Å². The summed E-state index contributed by atoms with van der Waals surface area (Å²) in [4.78, 5) is 11.9. The summed E-state index contributed by atoms with van der Waals surface area (Å²) in [6.07, 6.45) is -2.36. The number of hydrogen-bond donors (Lipinski definition) is 2. The molecule has 0 radical (unpaired) electrons. The van der Waals surface area contributed by atoms with Crippen LogP contribution in [0.5, 0.6) is 0 Å². The Kier molecular flexibility index (Phi) is 6.80. The van der Waals surface area contributed by atoms with Crippen molar-refractivity contribution in [3.63, 3.8) is 0 Å². The number of carbonyl (C=O) groups is 1. The number of nitrogens with one attached hydrogen (secondary N) is 1. The number of carbonyl (C=O) groups excluding carboxylic acids is 1. The SMILES string of the molecule is CC(N)CCNC(=O)c1ccn(-c2cccc(C(F)(F)F)c2)n1.Cl. The van der Waals surface area contributed by atoms with Gasteiger partial charge in [0.15, 0.2) is 5.69 Å². The minimum absolute atomic E-state index is 0. The highest BCUT2D eigenvalue weighted by atomic mass is 35.5. The van der Waals surface area contributed by atoms with E-state index >= 15 is 0 Å². The maximum atomic E-state index is 12.7. The van der Waals surface area contributed by atoms with Crippen molar-refractivity contribution in [3.8, 4) is 5.69 Å². The summed E-state index contributed by atoms with van der Waals surface area (Å²) in [6.45, 7) is 2.24. The van der Waals surface area contributed by atoms with Gasteiger partial charge in [-0.05, 0) is 37.6 Å². The molecule has 1 unspecified atom stereocenters. The molecule has 0 fully saturated rings. The van der Waals surface area contributed by atoms with Gasteiger partial charge in [-0.2, -0.15) is 18.3 Å². The summed E-state index contributed by atoms with van der Waals surface area (Å²) in [5, 5.41) is 6.66. The van der Waals surface area contributed by atoms with Crippen LogP contribution in [0.2, 0.25) is 0 Å². The zero-order valence-electron chi connectivity index (χ0n) is 12.9. The molecule has 0 saturated carbocycles. The zero-order chi connectivity index (χ0) is 17.0. The van der Waals surface area contributed by atoms with Crippen molar-refractivity contribution in [3.05, 3.63) is 47.8 Å². The van der Waals surface area contributed by atoms with Gasteiger partial charge in [0.1, 0.15) is 0 Å². The van der Waals surface area contributed by atoms with Gasteiger partial charge < -0.3 is 11.1 Å². The number of aromatic nitrogens is 2. The third-order valence-electron chi connectivity index (χ3n) is 3.14. The van der Waals surface area contributed by atoms with Crippen LogP contribution in [0.3, 0.4) is 0 Å². The minimum Gasteiger partial charge on any atom is -0.351 e. The first-order valence-electron chi connectivity index (χ1n) is 7.04. The Morgan fingerprint density at radius 1 is 1.38 bits per heavy atom. The molecule has 1 atom stereocenters. The lowest BCUT2D eigenvalue weighted by Crippen LogP contribution is -2.29. The Bertz CT molecular complexity index is 685. The second kappa shape index (κ2) is 8.16. The van der Waals surface area contributed by atoms with Gasteiger partial charge in [-0.25, -0.2) is 4.68 Å². The molecule has 0 aliphatic rings. The van der Waals surface area contributed by atoms with E-state index < -0.39 is 17.6 Å². The topological polar surface area (TPSA) is 72.9 Å². The quantitative estimate of drug-likeness (QED) is 0.859. The lowest BCUT2D eigenvalue weighted by atomic mass is 10.2. The fraction of sp³-hybridized carbons (Fsp3) is 0.333. The number of nitrogens with zero attached hydrogens (tertiary/aromatic N) is 2. The second-order valence-electron chi connectivity index (χ2n) is 5.22. The minimum atomic E-state index is -4.43. The maximum absolute atomic E-state index is 12.7. The van der Waals surface area contributed by atoms with Crippen LogP contribution < -0.4 is 11.1 Å². The van der Waals surface area contributed by atoms with Crippen molar-refractivity contribution in [1.82, 2.24) is 15.1 Å². The number of amides is 1. The normalized spacial score (nSPS) is 12.4. The van der Waals surface area contributed by atoms with Crippen LogP contribution in [0.25, 0.3) is 5.69 Å². The molecular weight excluding hydrogens is 345 g/mol. The molecule has 1 aromatic heterocycles. The number of nitrogens with two attached hydrogens (primary N) is 1. The van der Waals surface area contributed by atoms with Gasteiger partial charge in [0.05, 0.1) is 11.3 Å². The Morgan fingerprint density at radius 2 is 2.08 bits per heavy atom. The van der Waals surface area contributed by atoms with Gasteiger partial charge in [-0.1, -0.05) is 6.07 Å². The first-order valence-corrected chi connectivity index (χ1v) is 7.04. The predicted molar refractivity (Wildman–Crippen MR) is 86.4 cm³/mol. The zero-order valence-corrected chi connectivity index (χ0v) is 13.7. The molecule has 3 N–H and O–H groups in total. The average molecular weight is 363 g/mol. The van der Waals surface area contributed by atoms with Crippen LogP contribution in [0.4, 0.5) is 13.2 Å². The fourth-order valence-electron chi connectivity index (χ4n) is 1.92. The standard InChI is InChI=1S/C15H17F3N4O.ClH/c1-10(19)5-7-20-14(23)13-6-8-22(21-13)12-4-2-3-11(9-12)15(16,17)18;/h2-4,6,8-10H,5,7,19H2,1H3,(H,20,23);1H. The van der Waals surface area contributed by atoms with Crippen LogP contribution >= 0.6 is 12.4 Å². The van der Waals surface area contributed by atoms with E-state index in [1.807, 2.05) is 6.92 Å². The second-order valence-corrected chi connectivity index (χ2v) is 5.22. The van der Waals surface area contributed by atoms with E-state index in [4.69, 9.17) is 5.73 Å². The Hall–Kier alpha value is -2.06. The molecule has 0 aliphatic carbocycles. The van der Waals surface area contributed by atoms with Crippen molar-refractivity contribution in [1.29, 1.82) is 0 Å². The summed E-state index contributed by atoms with van der Waals surface area (Å²) in [6, 6.07) is 6.15. The van der Waals surface area contributed by atoms with Gasteiger partial charge >= 0.3 is 6.18 Å². The summed E-state index contributed by atoms with van der Waals surface area (Å²) in [5.41, 5.74) is 5.18. The molecule has 1 aromatic carbocycles. The molecule has 9 heteroatoms. The summed E-state index contributed by atoms with van der Waals surface area (Å²) >= 11 is 0. The highest BCUT2D eigenvalue weighted by Crippen LogP contribution is 2.30. The lowest BCUT2D eigenvalue weighted by Gasteiger charge is -2.08. The van der Waals surface area contributed by atoms with E-state index in [0.717, 1.165) is 12.1 Å². The predicted octanol–water partition coefficient (Wildman–Crippen LogP) is 2.78. The first kappa shape index (κ1) is 20.0. The van der Waals surface area contributed by atoms with Crippen molar-refractivity contribution in [2.24, 2.45) is 5.73 Å². The molecule has 5 nitrogen and oxygen atoms in total. The van der Waals surface area contributed by atoms with Gasteiger partial charge in [0, 0.05) is 18.8 Å².